The summed E-state index contributed by atoms with van der Waals surface area (Å²) in [6.45, 7) is 8.90. The van der Waals surface area contributed by atoms with E-state index in [1.54, 1.807) is 38.4 Å². The van der Waals surface area contributed by atoms with Gasteiger partial charge in [0.05, 0.1) is 12.3 Å². The molecule has 0 aliphatic carbocycles. The van der Waals surface area contributed by atoms with E-state index in [1.165, 1.54) is 12.3 Å². The first kappa shape index (κ1) is 38.3. The summed E-state index contributed by atoms with van der Waals surface area (Å²) in [4.78, 5) is 35.3. The summed E-state index contributed by atoms with van der Waals surface area (Å²) < 4.78 is 0. The van der Waals surface area contributed by atoms with Crippen LogP contribution in [-0.4, -0.2) is 51.0 Å². The van der Waals surface area contributed by atoms with Gasteiger partial charge in [0, 0.05) is 64.6 Å². The molecular weight excluding hydrogens is 691 g/mol. The Morgan fingerprint density at radius 1 is 0.906 bits per heavy atom. The van der Waals surface area contributed by atoms with Crippen LogP contribution in [0.25, 0.3) is 0 Å². The summed E-state index contributed by atoms with van der Waals surface area (Å²) in [5.41, 5.74) is 1.48. The number of aryl methyl sites for hydroxylation is 3. The minimum atomic E-state index is -1.02. The molecule has 3 heterocycles. The van der Waals surface area contributed by atoms with Gasteiger partial charge in [0.2, 0.25) is 0 Å². The molecule has 3 aromatic rings. The SMILES string of the molecule is C.CI.Cc1nccc(C(=O)O)n1.Cc1nccc(CO)n1.[CH2-]c1ccnc(C)n1.[Rh].[Y]. The minimum absolute atomic E-state index is 0. The molecular formula is C20H28IN6O3RhY-. The molecule has 0 atom stereocenters. The van der Waals surface area contributed by atoms with Crippen molar-refractivity contribution in [3.8, 4) is 0 Å². The summed E-state index contributed by atoms with van der Waals surface area (Å²) in [5, 5.41) is 17.0. The van der Waals surface area contributed by atoms with Crippen LogP contribution >= 0.6 is 22.6 Å². The van der Waals surface area contributed by atoms with E-state index in [-0.39, 0.29) is 71.9 Å². The van der Waals surface area contributed by atoms with E-state index in [9.17, 15) is 4.79 Å². The molecule has 0 aliphatic rings. The Kier molecular flexibility index (Phi) is 27.7. The van der Waals surface area contributed by atoms with E-state index < -0.39 is 5.97 Å². The maximum Gasteiger partial charge on any atom is 0.354 e. The fraction of sp³-hybridized carbons (Fsp3) is 0.300. The van der Waals surface area contributed by atoms with Gasteiger partial charge in [-0.3, -0.25) is 9.97 Å². The van der Waals surface area contributed by atoms with Crippen LogP contribution in [0.1, 0.15) is 46.8 Å². The first-order valence-corrected chi connectivity index (χ1v) is 10.4. The largest absolute Gasteiger partial charge is 0.477 e. The summed E-state index contributed by atoms with van der Waals surface area (Å²) in [6.07, 6.45) is 4.75. The molecule has 0 aromatic carbocycles. The maximum atomic E-state index is 10.3. The number of hydrogen-bond acceptors (Lipinski definition) is 8. The van der Waals surface area contributed by atoms with E-state index in [0.29, 0.717) is 17.3 Å². The van der Waals surface area contributed by atoms with E-state index in [2.05, 4.69) is 59.4 Å². The van der Waals surface area contributed by atoms with Gasteiger partial charge in [-0.05, 0) is 44.0 Å². The summed E-state index contributed by atoms with van der Waals surface area (Å²) >= 11 is 2.15. The van der Waals surface area contributed by atoms with Crippen LogP contribution < -0.4 is 0 Å². The number of aromatic carboxylic acids is 1. The average molecular weight is 719 g/mol. The molecule has 0 bridgehead atoms. The van der Waals surface area contributed by atoms with Crippen molar-refractivity contribution in [2.75, 3.05) is 4.93 Å². The Labute approximate surface area is 241 Å². The molecule has 3 rings (SSSR count). The van der Waals surface area contributed by atoms with Crippen molar-refractivity contribution in [3.05, 3.63) is 78.3 Å². The molecule has 2 radical (unpaired) electrons. The van der Waals surface area contributed by atoms with Crippen LogP contribution in [0.2, 0.25) is 0 Å². The normalized spacial score (nSPS) is 8.06. The molecule has 32 heavy (non-hydrogen) atoms. The van der Waals surface area contributed by atoms with Crippen molar-refractivity contribution in [1.82, 2.24) is 29.9 Å². The predicted molar refractivity (Wildman–Crippen MR) is 124 cm³/mol. The predicted octanol–water partition coefficient (Wildman–Crippen LogP) is 3.41. The molecule has 9 nitrogen and oxygen atoms in total. The molecule has 0 aliphatic heterocycles. The van der Waals surface area contributed by atoms with Crippen molar-refractivity contribution in [2.24, 2.45) is 0 Å². The number of halogens is 1. The van der Waals surface area contributed by atoms with Gasteiger partial charge in [-0.25, -0.2) is 31.7 Å². The van der Waals surface area contributed by atoms with Crippen LogP contribution in [0.5, 0.6) is 0 Å². The van der Waals surface area contributed by atoms with Crippen LogP contribution in [-0.2, 0) is 58.8 Å². The molecule has 0 unspecified atom stereocenters. The van der Waals surface area contributed by atoms with Crippen molar-refractivity contribution < 1.29 is 67.2 Å². The van der Waals surface area contributed by atoms with Crippen molar-refractivity contribution in [1.29, 1.82) is 0 Å². The van der Waals surface area contributed by atoms with Crippen LogP contribution in [0.4, 0.5) is 0 Å². The van der Waals surface area contributed by atoms with Crippen molar-refractivity contribution >= 4 is 28.6 Å². The third kappa shape index (κ3) is 18.6. The Bertz CT molecular complexity index is 876. The van der Waals surface area contributed by atoms with Crippen LogP contribution in [0.3, 0.4) is 0 Å². The molecule has 0 spiro atoms. The second kappa shape index (κ2) is 23.2. The van der Waals surface area contributed by atoms with E-state index in [1.807, 2.05) is 11.9 Å². The summed E-state index contributed by atoms with van der Waals surface area (Å²) in [6, 6.07) is 4.81. The standard InChI is InChI=1S/C6H6N2O2.C6H8N2O.C6H7N2.CH3I.CH4.Rh.Y/c1-4-7-3-2-5(8-4)6(9)10;1-5-7-3-2-6(4-9)8-5;1-5-3-4-7-6(2)8-5;1-2;;;/h2-3H,1H3,(H,9,10);2-3,9H,4H2,1H3;3-4H,1H2,2H3;1H3;1H4;;/q;;-1;;;;. The van der Waals surface area contributed by atoms with Gasteiger partial charge in [0.15, 0.2) is 5.69 Å². The molecule has 0 saturated heterocycles. The molecule has 176 valence electrons. The molecule has 0 saturated carbocycles. The smallest absolute Gasteiger partial charge is 0.354 e. The second-order valence-corrected chi connectivity index (χ2v) is 5.14. The maximum absolute atomic E-state index is 10.3. The third-order valence-corrected chi connectivity index (χ3v) is 2.82. The fourth-order valence-corrected chi connectivity index (χ4v) is 1.67. The minimum Gasteiger partial charge on any atom is -0.477 e. The molecule has 12 heteroatoms. The first-order valence-electron chi connectivity index (χ1n) is 8.23. The number of carbonyl (C=O) groups is 1. The topological polar surface area (TPSA) is 135 Å². The Hall–Kier alpha value is -1.00. The van der Waals surface area contributed by atoms with Crippen molar-refractivity contribution in [3.63, 3.8) is 0 Å². The number of carboxylic acids is 1. The monoisotopic (exact) mass is 719 g/mol. The number of aromatic nitrogens is 6. The van der Waals surface area contributed by atoms with E-state index in [4.69, 9.17) is 10.2 Å². The van der Waals surface area contributed by atoms with Gasteiger partial charge in [0.1, 0.15) is 17.5 Å². The Morgan fingerprint density at radius 3 is 1.62 bits per heavy atom. The van der Waals surface area contributed by atoms with Gasteiger partial charge in [-0.1, -0.05) is 35.7 Å². The van der Waals surface area contributed by atoms with Crippen LogP contribution in [0.15, 0.2) is 36.8 Å². The van der Waals surface area contributed by atoms with Crippen molar-refractivity contribution in [2.45, 2.75) is 34.8 Å². The van der Waals surface area contributed by atoms with Gasteiger partial charge >= 0.3 is 5.97 Å². The van der Waals surface area contributed by atoms with Gasteiger partial charge in [0.25, 0.3) is 0 Å². The van der Waals surface area contributed by atoms with Crippen LogP contribution in [0, 0.1) is 27.7 Å². The Morgan fingerprint density at radius 2 is 1.34 bits per heavy atom. The number of rotatable bonds is 2. The first-order chi connectivity index (χ1) is 13.8. The fourth-order valence-electron chi connectivity index (χ4n) is 1.67. The summed E-state index contributed by atoms with van der Waals surface area (Å²) in [5.74, 6) is 0.921. The zero-order valence-corrected chi connectivity index (χ0v) is 24.3. The third-order valence-electron chi connectivity index (χ3n) is 2.82. The van der Waals surface area contributed by atoms with Gasteiger partial charge in [-0.2, -0.15) is 6.07 Å². The molecule has 0 amide bonds. The number of aliphatic hydroxyl groups excluding tert-OH is 1. The quantitative estimate of drug-likeness (QED) is 0.177. The number of hydrogen-bond donors (Lipinski definition) is 2. The Balaban J connectivity index is -0.000000170. The zero-order chi connectivity index (χ0) is 22.2. The second-order valence-electron chi connectivity index (χ2n) is 5.14. The number of aliphatic hydroxyl groups is 1. The number of alkyl halides is 1. The molecule has 3 aromatic heterocycles. The number of carboxylic acid groups (broad SMARTS) is 1. The van der Waals surface area contributed by atoms with Gasteiger partial charge in [-0.15, -0.1) is 0 Å². The van der Waals surface area contributed by atoms with Gasteiger partial charge < -0.3 is 10.2 Å². The molecule has 0 fully saturated rings. The zero-order valence-electron chi connectivity index (χ0n) is 17.7. The van der Waals surface area contributed by atoms with E-state index in [0.717, 1.165) is 11.5 Å². The average Bonchev–Trinajstić information content (AvgIpc) is 2.70. The number of nitrogens with zero attached hydrogens (tertiary/aromatic N) is 6. The van der Waals surface area contributed by atoms with E-state index >= 15 is 0 Å². The molecule has 2 N–H and O–H groups in total. The summed E-state index contributed by atoms with van der Waals surface area (Å²) in [7, 11) is 0.